The zero-order valence-electron chi connectivity index (χ0n) is 11.2. The molecule has 0 amide bonds. The summed E-state index contributed by atoms with van der Waals surface area (Å²) in [5.74, 6) is 1.51. The van der Waals surface area contributed by atoms with E-state index in [0.29, 0.717) is 5.92 Å². The van der Waals surface area contributed by atoms with Crippen LogP contribution in [0.5, 0.6) is 5.75 Å². The van der Waals surface area contributed by atoms with Crippen LogP contribution in [-0.4, -0.2) is 26.0 Å². The third kappa shape index (κ3) is 3.61. The first-order chi connectivity index (χ1) is 8.13. The van der Waals surface area contributed by atoms with E-state index in [4.69, 9.17) is 9.47 Å². The minimum atomic E-state index is -0.277. The van der Waals surface area contributed by atoms with E-state index in [9.17, 15) is 0 Å². The van der Waals surface area contributed by atoms with Gasteiger partial charge < -0.3 is 9.47 Å². The fourth-order valence-corrected chi connectivity index (χ4v) is 2.15. The van der Waals surface area contributed by atoms with Gasteiger partial charge in [0.2, 0.25) is 0 Å². The van der Waals surface area contributed by atoms with Crippen LogP contribution < -0.4 is 10.1 Å². The zero-order valence-corrected chi connectivity index (χ0v) is 12.0. The Hall–Kier alpha value is -0.770. The first-order valence-electron chi connectivity index (χ1n) is 6.14. The van der Waals surface area contributed by atoms with E-state index in [2.05, 4.69) is 25.2 Å². The van der Waals surface area contributed by atoms with E-state index in [1.165, 1.54) is 5.56 Å². The standard InChI is InChI=1S/C14H21NO2.ClH/c1-11-9-15-14(2,17-10-11)8-12-6-4-5-7-13(12)16-3;/h4-7,11,15H,8-10H2,1-3H3;1H. The molecular formula is C14H22ClNO2. The van der Waals surface area contributed by atoms with Crippen molar-refractivity contribution in [3.05, 3.63) is 29.8 Å². The smallest absolute Gasteiger partial charge is 0.122 e. The predicted octanol–water partition coefficient (Wildman–Crippen LogP) is 2.63. The van der Waals surface area contributed by atoms with Gasteiger partial charge in [-0.2, -0.15) is 0 Å². The maximum atomic E-state index is 5.91. The number of ether oxygens (including phenoxy) is 2. The van der Waals surface area contributed by atoms with Crippen molar-refractivity contribution in [1.29, 1.82) is 0 Å². The summed E-state index contributed by atoms with van der Waals surface area (Å²) in [5, 5.41) is 3.47. The van der Waals surface area contributed by atoms with Crippen LogP contribution in [0.1, 0.15) is 19.4 Å². The van der Waals surface area contributed by atoms with Crippen molar-refractivity contribution in [1.82, 2.24) is 5.32 Å². The molecule has 1 aliphatic heterocycles. The SMILES string of the molecule is COc1ccccc1CC1(C)NCC(C)CO1.Cl. The van der Waals surface area contributed by atoms with Gasteiger partial charge in [0.15, 0.2) is 0 Å². The number of hydrogen-bond acceptors (Lipinski definition) is 3. The fraction of sp³-hybridized carbons (Fsp3) is 0.571. The molecule has 2 rings (SSSR count). The molecule has 1 aliphatic rings. The minimum absolute atomic E-state index is 0. The van der Waals surface area contributed by atoms with Gasteiger partial charge in [-0.1, -0.05) is 25.1 Å². The van der Waals surface area contributed by atoms with Crippen molar-refractivity contribution in [3.63, 3.8) is 0 Å². The van der Waals surface area contributed by atoms with Crippen LogP contribution in [0.25, 0.3) is 0 Å². The lowest BCUT2D eigenvalue weighted by atomic mass is 10.00. The molecule has 0 spiro atoms. The summed E-state index contributed by atoms with van der Waals surface area (Å²) in [6, 6.07) is 8.10. The molecule has 1 aromatic rings. The van der Waals surface area contributed by atoms with Crippen LogP contribution in [0.15, 0.2) is 24.3 Å². The third-order valence-corrected chi connectivity index (χ3v) is 3.23. The predicted molar refractivity (Wildman–Crippen MR) is 75.5 cm³/mol. The Kier molecular flexibility index (Phi) is 5.45. The first-order valence-corrected chi connectivity index (χ1v) is 6.14. The molecule has 1 N–H and O–H groups in total. The lowest BCUT2D eigenvalue weighted by Crippen LogP contribution is -2.53. The summed E-state index contributed by atoms with van der Waals surface area (Å²) < 4.78 is 11.3. The van der Waals surface area contributed by atoms with E-state index in [-0.39, 0.29) is 18.1 Å². The van der Waals surface area contributed by atoms with Gasteiger partial charge in [0.1, 0.15) is 11.5 Å². The number of para-hydroxylation sites is 1. The highest BCUT2D eigenvalue weighted by Gasteiger charge is 2.30. The molecule has 1 aromatic carbocycles. The minimum Gasteiger partial charge on any atom is -0.496 e. The lowest BCUT2D eigenvalue weighted by Gasteiger charge is -2.38. The highest BCUT2D eigenvalue weighted by atomic mass is 35.5. The van der Waals surface area contributed by atoms with Crippen LogP contribution in [0, 0.1) is 5.92 Å². The number of benzene rings is 1. The van der Waals surface area contributed by atoms with E-state index in [1.54, 1.807) is 7.11 Å². The fourth-order valence-electron chi connectivity index (χ4n) is 2.15. The van der Waals surface area contributed by atoms with Crippen molar-refractivity contribution in [3.8, 4) is 5.75 Å². The molecule has 1 fully saturated rings. The van der Waals surface area contributed by atoms with Crippen molar-refractivity contribution < 1.29 is 9.47 Å². The molecule has 1 heterocycles. The molecule has 0 bridgehead atoms. The Morgan fingerprint density at radius 3 is 2.78 bits per heavy atom. The van der Waals surface area contributed by atoms with E-state index >= 15 is 0 Å². The van der Waals surface area contributed by atoms with E-state index in [0.717, 1.165) is 25.3 Å². The second kappa shape index (κ2) is 6.41. The molecule has 4 heteroatoms. The molecule has 102 valence electrons. The van der Waals surface area contributed by atoms with E-state index in [1.807, 2.05) is 18.2 Å². The molecule has 0 aliphatic carbocycles. The van der Waals surface area contributed by atoms with Crippen molar-refractivity contribution in [2.24, 2.45) is 5.92 Å². The quantitative estimate of drug-likeness (QED) is 0.917. The molecule has 0 aromatic heterocycles. The van der Waals surface area contributed by atoms with Gasteiger partial charge in [0.05, 0.1) is 13.7 Å². The highest BCUT2D eigenvalue weighted by Crippen LogP contribution is 2.25. The normalized spacial score (nSPS) is 27.4. The van der Waals surface area contributed by atoms with Crippen LogP contribution in [0.3, 0.4) is 0 Å². The Balaban J connectivity index is 0.00000162. The third-order valence-electron chi connectivity index (χ3n) is 3.23. The van der Waals surface area contributed by atoms with E-state index < -0.39 is 0 Å². The van der Waals surface area contributed by atoms with Gasteiger partial charge in [0.25, 0.3) is 0 Å². The molecule has 0 radical (unpaired) electrons. The van der Waals surface area contributed by atoms with Gasteiger partial charge in [-0.05, 0) is 24.5 Å². The second-order valence-corrected chi connectivity index (χ2v) is 5.02. The molecule has 2 atom stereocenters. The Labute approximate surface area is 115 Å². The summed E-state index contributed by atoms with van der Waals surface area (Å²) in [6.07, 6.45) is 0.823. The average Bonchev–Trinajstić information content (AvgIpc) is 2.34. The molecule has 3 nitrogen and oxygen atoms in total. The first kappa shape index (κ1) is 15.3. The Morgan fingerprint density at radius 2 is 2.17 bits per heavy atom. The Bertz CT molecular complexity index is 376. The topological polar surface area (TPSA) is 30.5 Å². The summed E-state index contributed by atoms with van der Waals surface area (Å²) in [4.78, 5) is 0. The summed E-state index contributed by atoms with van der Waals surface area (Å²) in [7, 11) is 1.71. The number of hydrogen-bond donors (Lipinski definition) is 1. The molecular weight excluding hydrogens is 250 g/mol. The Morgan fingerprint density at radius 1 is 1.44 bits per heavy atom. The summed E-state index contributed by atoms with van der Waals surface area (Å²) >= 11 is 0. The van der Waals surface area contributed by atoms with Gasteiger partial charge in [-0.25, -0.2) is 0 Å². The largest absolute Gasteiger partial charge is 0.496 e. The van der Waals surface area contributed by atoms with Gasteiger partial charge >= 0.3 is 0 Å². The molecule has 18 heavy (non-hydrogen) atoms. The van der Waals surface area contributed by atoms with Crippen LogP contribution in [0.2, 0.25) is 0 Å². The molecule has 2 unspecified atom stereocenters. The average molecular weight is 272 g/mol. The van der Waals surface area contributed by atoms with Crippen molar-refractivity contribution in [2.75, 3.05) is 20.3 Å². The summed E-state index contributed by atoms with van der Waals surface area (Å²) in [5.41, 5.74) is 0.903. The highest BCUT2D eigenvalue weighted by molar-refractivity contribution is 5.85. The lowest BCUT2D eigenvalue weighted by molar-refractivity contribution is -0.0999. The molecule has 1 saturated heterocycles. The maximum Gasteiger partial charge on any atom is 0.122 e. The van der Waals surface area contributed by atoms with Crippen molar-refractivity contribution >= 4 is 12.4 Å². The van der Waals surface area contributed by atoms with Gasteiger partial charge in [-0.3, -0.25) is 5.32 Å². The summed E-state index contributed by atoms with van der Waals surface area (Å²) in [6.45, 7) is 6.12. The zero-order chi connectivity index (χ0) is 12.3. The second-order valence-electron chi connectivity index (χ2n) is 5.02. The maximum absolute atomic E-state index is 5.91. The van der Waals surface area contributed by atoms with Crippen LogP contribution in [-0.2, 0) is 11.2 Å². The van der Waals surface area contributed by atoms with Gasteiger partial charge in [0, 0.05) is 13.0 Å². The number of halogens is 1. The number of nitrogens with one attached hydrogen (secondary N) is 1. The number of methoxy groups -OCH3 is 1. The van der Waals surface area contributed by atoms with Crippen molar-refractivity contribution in [2.45, 2.75) is 26.0 Å². The number of rotatable bonds is 3. The van der Waals surface area contributed by atoms with Gasteiger partial charge in [-0.15, -0.1) is 12.4 Å². The van der Waals surface area contributed by atoms with Crippen LogP contribution >= 0.6 is 12.4 Å². The van der Waals surface area contributed by atoms with Crippen LogP contribution in [0.4, 0.5) is 0 Å². The molecule has 0 saturated carbocycles. The monoisotopic (exact) mass is 271 g/mol.